The summed E-state index contributed by atoms with van der Waals surface area (Å²) in [5.41, 5.74) is 11.7. The van der Waals surface area contributed by atoms with Crippen molar-refractivity contribution in [3.8, 4) is 27.9 Å². The van der Waals surface area contributed by atoms with Gasteiger partial charge in [0.1, 0.15) is 0 Å². The number of para-hydroxylation sites is 1. The van der Waals surface area contributed by atoms with Gasteiger partial charge >= 0.3 is 0 Å². The van der Waals surface area contributed by atoms with Crippen molar-refractivity contribution >= 4 is 60.4 Å². The van der Waals surface area contributed by atoms with Crippen LogP contribution in [0.3, 0.4) is 0 Å². The molecule has 0 aliphatic heterocycles. The van der Waals surface area contributed by atoms with Gasteiger partial charge in [0.05, 0.1) is 16.7 Å². The molecule has 2 nitrogen and oxygen atoms in total. The highest BCUT2D eigenvalue weighted by atomic mass is 15.1. The molecule has 9 aromatic carbocycles. The van der Waals surface area contributed by atoms with Gasteiger partial charge in [0.2, 0.25) is 0 Å². The van der Waals surface area contributed by atoms with E-state index in [1.54, 1.807) is 0 Å². The molecular weight excluding hydrogens is 629 g/mol. The van der Waals surface area contributed by atoms with Crippen molar-refractivity contribution in [1.29, 1.82) is 0 Å². The lowest BCUT2D eigenvalue weighted by Crippen LogP contribution is -2.10. The number of benzene rings is 9. The normalized spacial score (nSPS) is 11.5. The predicted molar refractivity (Wildman–Crippen MR) is 221 cm³/mol. The van der Waals surface area contributed by atoms with Gasteiger partial charge in [0.15, 0.2) is 0 Å². The Morgan fingerprint density at radius 2 is 0.962 bits per heavy atom. The minimum Gasteiger partial charge on any atom is -0.310 e. The second-order valence-corrected chi connectivity index (χ2v) is 13.4. The van der Waals surface area contributed by atoms with Crippen molar-refractivity contribution in [1.82, 2.24) is 4.57 Å². The second kappa shape index (κ2) is 12.5. The lowest BCUT2D eigenvalue weighted by molar-refractivity contribution is 1.18. The Balaban J connectivity index is 1.34. The first-order valence-electron chi connectivity index (χ1n) is 17.9. The zero-order chi connectivity index (χ0) is 34.4. The van der Waals surface area contributed by atoms with Gasteiger partial charge in [-0.1, -0.05) is 152 Å². The molecule has 0 aliphatic carbocycles. The average molecular weight is 663 g/mol. The highest BCUT2D eigenvalue weighted by Gasteiger charge is 2.25. The first kappa shape index (κ1) is 30.0. The number of rotatable bonds is 6. The van der Waals surface area contributed by atoms with Crippen LogP contribution in [0.5, 0.6) is 0 Å². The standard InChI is InChI=1S/C50H34N2/c1-4-15-35(16-5-1)37-27-30-42(31-28-37)51(43-32-29-36-17-10-11-20-39(36)33-43)46-25-14-26-47-49(46)48-45(38-18-6-2-7-19-38)34-40-21-12-13-24-44(40)50(48)52(47)41-22-8-3-9-23-41/h1-34H. The summed E-state index contributed by atoms with van der Waals surface area (Å²) in [6.07, 6.45) is 0. The lowest BCUT2D eigenvalue weighted by atomic mass is 9.94. The van der Waals surface area contributed by atoms with Crippen LogP contribution in [0.1, 0.15) is 0 Å². The van der Waals surface area contributed by atoms with Gasteiger partial charge < -0.3 is 9.47 Å². The quantitative estimate of drug-likeness (QED) is 0.172. The highest BCUT2D eigenvalue weighted by Crippen LogP contribution is 2.49. The summed E-state index contributed by atoms with van der Waals surface area (Å²) < 4.78 is 2.47. The fourth-order valence-corrected chi connectivity index (χ4v) is 7.96. The van der Waals surface area contributed by atoms with Crippen LogP contribution in [0, 0.1) is 0 Å². The molecule has 0 amide bonds. The molecule has 0 saturated heterocycles. The van der Waals surface area contributed by atoms with Crippen molar-refractivity contribution in [3.05, 3.63) is 206 Å². The van der Waals surface area contributed by atoms with Gasteiger partial charge in [-0.15, -0.1) is 0 Å². The molecule has 0 radical (unpaired) electrons. The van der Waals surface area contributed by atoms with Crippen LogP contribution in [0.15, 0.2) is 206 Å². The van der Waals surface area contributed by atoms with E-state index in [0.717, 1.165) is 22.7 Å². The van der Waals surface area contributed by atoms with E-state index in [4.69, 9.17) is 0 Å². The van der Waals surface area contributed by atoms with E-state index >= 15 is 0 Å². The van der Waals surface area contributed by atoms with E-state index in [9.17, 15) is 0 Å². The first-order chi connectivity index (χ1) is 25.8. The Morgan fingerprint density at radius 1 is 0.365 bits per heavy atom. The van der Waals surface area contributed by atoms with Gasteiger partial charge in [-0.3, -0.25) is 0 Å². The minimum atomic E-state index is 1.10. The number of aromatic nitrogens is 1. The molecule has 0 fully saturated rings. The van der Waals surface area contributed by atoms with Crippen molar-refractivity contribution < 1.29 is 0 Å². The molecule has 0 unspecified atom stereocenters. The van der Waals surface area contributed by atoms with Crippen LogP contribution in [0.25, 0.3) is 71.3 Å². The molecule has 244 valence electrons. The van der Waals surface area contributed by atoms with E-state index in [1.165, 1.54) is 65.6 Å². The molecule has 0 bridgehead atoms. The number of hydrogen-bond acceptors (Lipinski definition) is 1. The van der Waals surface area contributed by atoms with Gasteiger partial charge in [-0.05, 0) is 93.0 Å². The van der Waals surface area contributed by atoms with E-state index < -0.39 is 0 Å². The topological polar surface area (TPSA) is 8.17 Å². The average Bonchev–Trinajstić information content (AvgIpc) is 3.58. The Morgan fingerprint density at radius 3 is 1.71 bits per heavy atom. The molecule has 0 spiro atoms. The van der Waals surface area contributed by atoms with E-state index in [0.29, 0.717) is 0 Å². The maximum Gasteiger partial charge on any atom is 0.0626 e. The smallest absolute Gasteiger partial charge is 0.0626 e. The van der Waals surface area contributed by atoms with Gasteiger partial charge in [-0.25, -0.2) is 0 Å². The summed E-state index contributed by atoms with van der Waals surface area (Å²) in [7, 11) is 0. The largest absolute Gasteiger partial charge is 0.310 e. The third-order valence-electron chi connectivity index (χ3n) is 10.3. The van der Waals surface area contributed by atoms with Crippen LogP contribution in [-0.2, 0) is 0 Å². The Hall–Kier alpha value is -6.90. The molecule has 0 atom stereocenters. The summed E-state index contributed by atoms with van der Waals surface area (Å²) >= 11 is 0. The number of anilines is 3. The van der Waals surface area contributed by atoms with Crippen molar-refractivity contribution in [2.45, 2.75) is 0 Å². The summed E-state index contributed by atoms with van der Waals surface area (Å²) in [5, 5.41) is 7.34. The summed E-state index contributed by atoms with van der Waals surface area (Å²) in [6.45, 7) is 0. The van der Waals surface area contributed by atoms with Crippen molar-refractivity contribution in [2.24, 2.45) is 0 Å². The maximum atomic E-state index is 2.47. The highest BCUT2D eigenvalue weighted by molar-refractivity contribution is 6.27. The van der Waals surface area contributed by atoms with Gasteiger partial charge in [-0.2, -0.15) is 0 Å². The number of hydrogen-bond donors (Lipinski definition) is 0. The Bertz CT molecular complexity index is 2870. The molecule has 52 heavy (non-hydrogen) atoms. The predicted octanol–water partition coefficient (Wildman–Crippen LogP) is 13.9. The molecule has 2 heteroatoms. The van der Waals surface area contributed by atoms with Crippen LogP contribution in [-0.4, -0.2) is 4.57 Å². The van der Waals surface area contributed by atoms with E-state index in [-0.39, 0.29) is 0 Å². The van der Waals surface area contributed by atoms with Crippen LogP contribution >= 0.6 is 0 Å². The molecule has 0 N–H and O–H groups in total. The lowest BCUT2D eigenvalue weighted by Gasteiger charge is -2.27. The summed E-state index contributed by atoms with van der Waals surface area (Å²) in [4.78, 5) is 2.45. The molecule has 10 aromatic rings. The van der Waals surface area contributed by atoms with Crippen LogP contribution < -0.4 is 4.90 Å². The third-order valence-corrected chi connectivity index (χ3v) is 10.3. The maximum absolute atomic E-state index is 2.47. The number of nitrogens with zero attached hydrogens (tertiary/aromatic N) is 2. The van der Waals surface area contributed by atoms with Crippen LogP contribution in [0.2, 0.25) is 0 Å². The van der Waals surface area contributed by atoms with E-state index in [1.807, 2.05) is 0 Å². The minimum absolute atomic E-state index is 1.10. The Labute approximate surface area is 303 Å². The van der Waals surface area contributed by atoms with E-state index in [2.05, 4.69) is 216 Å². The third kappa shape index (κ3) is 4.96. The summed E-state index contributed by atoms with van der Waals surface area (Å²) in [5.74, 6) is 0. The second-order valence-electron chi connectivity index (χ2n) is 13.4. The summed E-state index contributed by atoms with van der Waals surface area (Å²) in [6, 6.07) is 74.7. The van der Waals surface area contributed by atoms with Gasteiger partial charge in [0, 0.05) is 33.2 Å². The Kier molecular flexibility index (Phi) is 7.18. The van der Waals surface area contributed by atoms with Gasteiger partial charge in [0.25, 0.3) is 0 Å². The molecule has 10 rings (SSSR count). The molecule has 1 aromatic heterocycles. The SMILES string of the molecule is c1ccc(-c2ccc(N(c3ccc4ccccc4c3)c3cccc4c3c3c(-c5ccccc5)cc5ccccc5c3n4-c3ccccc3)cc2)cc1. The van der Waals surface area contributed by atoms with Crippen molar-refractivity contribution in [2.75, 3.05) is 4.90 Å². The zero-order valence-electron chi connectivity index (χ0n) is 28.5. The first-order valence-corrected chi connectivity index (χ1v) is 17.9. The van der Waals surface area contributed by atoms with Crippen molar-refractivity contribution in [3.63, 3.8) is 0 Å². The monoisotopic (exact) mass is 662 g/mol. The molecule has 0 aliphatic rings. The fraction of sp³-hybridized carbons (Fsp3) is 0. The molecular formula is C50H34N2. The number of fused-ring (bicyclic) bond motifs is 6. The molecule has 1 heterocycles. The fourth-order valence-electron chi connectivity index (χ4n) is 7.96. The molecule has 0 saturated carbocycles. The van der Waals surface area contributed by atoms with Crippen LogP contribution in [0.4, 0.5) is 17.1 Å². The zero-order valence-corrected chi connectivity index (χ0v) is 28.5.